The van der Waals surface area contributed by atoms with Crippen molar-refractivity contribution in [2.75, 3.05) is 9.80 Å². The number of fused-ring (bicyclic) bond motifs is 4. The molecule has 4 atom stereocenters. The first-order valence-electron chi connectivity index (χ1n) is 16.1. The second-order valence-corrected chi connectivity index (χ2v) is 13.1. The molecule has 1 saturated carbocycles. The Morgan fingerprint density at radius 2 is 1.31 bits per heavy atom. The number of imide groups is 1. The van der Waals surface area contributed by atoms with E-state index in [2.05, 4.69) is 0 Å². The van der Waals surface area contributed by atoms with Crippen molar-refractivity contribution in [3.63, 3.8) is 0 Å². The first kappa shape index (κ1) is 30.6. The third kappa shape index (κ3) is 3.98. The Morgan fingerprint density at radius 3 is 1.96 bits per heavy atom. The molecule has 1 fully saturated rings. The molecule has 0 saturated heterocycles. The molecule has 2 spiro atoms. The van der Waals surface area contributed by atoms with Gasteiger partial charge in [0.1, 0.15) is 16.8 Å². The maximum absolute atomic E-state index is 15.5. The van der Waals surface area contributed by atoms with E-state index in [1.54, 1.807) is 71.6 Å². The number of nitrogens with zero attached hydrogens (tertiary/aromatic N) is 2. The summed E-state index contributed by atoms with van der Waals surface area (Å²) >= 11 is 0. The molecule has 3 aliphatic rings. The molecule has 8 rings (SSSR count). The highest BCUT2D eigenvalue weighted by Gasteiger charge is 2.82. The topological polar surface area (TPSA) is 95.0 Å². The number of rotatable bonds is 5. The molecule has 2 aliphatic heterocycles. The van der Waals surface area contributed by atoms with E-state index < -0.39 is 51.7 Å². The van der Waals surface area contributed by atoms with Crippen LogP contribution in [0.3, 0.4) is 0 Å². The van der Waals surface area contributed by atoms with Gasteiger partial charge in [0.15, 0.2) is 5.78 Å². The van der Waals surface area contributed by atoms with E-state index >= 15 is 14.4 Å². The number of hydrogen-bond acceptors (Lipinski definition) is 5. The van der Waals surface area contributed by atoms with Crippen molar-refractivity contribution in [2.24, 2.45) is 5.92 Å². The van der Waals surface area contributed by atoms with Gasteiger partial charge in [-0.2, -0.15) is 0 Å². The maximum atomic E-state index is 15.5. The van der Waals surface area contributed by atoms with Crippen LogP contribution in [-0.2, 0) is 37.4 Å². The molecule has 2 heterocycles. The van der Waals surface area contributed by atoms with Crippen LogP contribution < -0.4 is 9.80 Å². The molecule has 0 bridgehead atoms. The molecule has 242 valence electrons. The second-order valence-electron chi connectivity index (χ2n) is 13.1. The summed E-state index contributed by atoms with van der Waals surface area (Å²) in [6.07, 6.45) is -0.387. The van der Waals surface area contributed by atoms with Gasteiger partial charge in [0.2, 0.25) is 17.7 Å². The predicted octanol–water partition coefficient (Wildman–Crippen LogP) is 6.23. The summed E-state index contributed by atoms with van der Waals surface area (Å²) in [6, 6.07) is 36.8. The van der Waals surface area contributed by atoms with Gasteiger partial charge in [0, 0.05) is 24.6 Å². The summed E-state index contributed by atoms with van der Waals surface area (Å²) < 4.78 is 14.5. The van der Waals surface area contributed by atoms with Gasteiger partial charge < -0.3 is 10.0 Å². The van der Waals surface area contributed by atoms with Gasteiger partial charge in [-0.25, -0.2) is 9.29 Å². The lowest BCUT2D eigenvalue weighted by Gasteiger charge is -2.42. The zero-order valence-electron chi connectivity index (χ0n) is 26.5. The minimum absolute atomic E-state index is 0.150. The highest BCUT2D eigenvalue weighted by molar-refractivity contribution is 6.27. The number of hydrogen-bond donors (Lipinski definition) is 1. The fourth-order valence-corrected chi connectivity index (χ4v) is 8.82. The van der Waals surface area contributed by atoms with Crippen molar-refractivity contribution < 1.29 is 28.7 Å². The monoisotopic (exact) mass is 650 g/mol. The number of carbonyl (C=O) groups excluding carboxylic acids is 4. The average molecular weight is 651 g/mol. The Hall–Kier alpha value is -5.73. The van der Waals surface area contributed by atoms with E-state index in [-0.39, 0.29) is 35.3 Å². The van der Waals surface area contributed by atoms with Crippen LogP contribution in [0, 0.1) is 11.7 Å². The summed E-state index contributed by atoms with van der Waals surface area (Å²) in [4.78, 5) is 62.2. The fourth-order valence-electron chi connectivity index (χ4n) is 8.82. The molecular weight excluding hydrogens is 619 g/mol. The zero-order chi connectivity index (χ0) is 34.1. The van der Waals surface area contributed by atoms with Gasteiger partial charge in [0.25, 0.3) is 0 Å². The van der Waals surface area contributed by atoms with Crippen molar-refractivity contribution in [1.82, 2.24) is 0 Å². The second kappa shape index (κ2) is 10.9. The summed E-state index contributed by atoms with van der Waals surface area (Å²) in [5.74, 6) is -4.49. The Morgan fingerprint density at radius 1 is 0.735 bits per heavy atom. The van der Waals surface area contributed by atoms with Gasteiger partial charge in [-0.3, -0.25) is 19.2 Å². The Bertz CT molecular complexity index is 2170. The predicted molar refractivity (Wildman–Crippen MR) is 181 cm³/mol. The number of halogens is 1. The zero-order valence-corrected chi connectivity index (χ0v) is 26.5. The third-order valence-electron chi connectivity index (χ3n) is 10.7. The standard InChI is InChI=1S/C41H31FN2O5/c1-26(45)44-34-19-11-9-17-32(34)41(38(44)48)36(35(46)28-14-6-3-7-15-28)39(25-40(41,49)29-20-22-30(42)23-21-29)31-16-8-10-18-33(31)43(37(39)47)24-27-12-4-2-5-13-27/h2-23,36,49H,24-25H2,1H3/t36-,39-,40+,41+/m1/s1. The van der Waals surface area contributed by atoms with Gasteiger partial charge in [-0.05, 0) is 46.5 Å². The molecule has 8 heteroatoms. The minimum Gasteiger partial charge on any atom is -0.384 e. The van der Waals surface area contributed by atoms with E-state index in [0.717, 1.165) is 10.5 Å². The van der Waals surface area contributed by atoms with E-state index in [1.807, 2.05) is 42.5 Å². The number of benzene rings is 5. The fraction of sp³-hybridized carbons (Fsp3) is 0.171. The van der Waals surface area contributed by atoms with Crippen LogP contribution in [0.25, 0.3) is 0 Å². The molecule has 7 nitrogen and oxygen atoms in total. The summed E-state index contributed by atoms with van der Waals surface area (Å²) in [5, 5.41) is 13.5. The molecule has 1 N–H and O–H groups in total. The number of para-hydroxylation sites is 2. The molecule has 49 heavy (non-hydrogen) atoms. The molecule has 0 radical (unpaired) electrons. The Balaban J connectivity index is 1.50. The van der Waals surface area contributed by atoms with Crippen LogP contribution in [0.2, 0.25) is 0 Å². The van der Waals surface area contributed by atoms with Crippen molar-refractivity contribution in [3.8, 4) is 0 Å². The van der Waals surface area contributed by atoms with Crippen molar-refractivity contribution in [2.45, 2.75) is 36.3 Å². The lowest BCUT2D eigenvalue weighted by molar-refractivity contribution is -0.137. The van der Waals surface area contributed by atoms with Crippen LogP contribution in [0.4, 0.5) is 15.8 Å². The molecule has 5 aromatic carbocycles. The van der Waals surface area contributed by atoms with Crippen molar-refractivity contribution in [3.05, 3.63) is 167 Å². The number of aliphatic hydroxyl groups is 1. The van der Waals surface area contributed by atoms with Gasteiger partial charge in [-0.15, -0.1) is 0 Å². The molecule has 5 aromatic rings. The molecule has 0 unspecified atom stereocenters. The lowest BCUT2D eigenvalue weighted by Crippen LogP contribution is -2.59. The van der Waals surface area contributed by atoms with Crippen molar-refractivity contribution >= 4 is 34.9 Å². The molecular formula is C41H31FN2O5. The van der Waals surface area contributed by atoms with E-state index in [4.69, 9.17) is 0 Å². The van der Waals surface area contributed by atoms with E-state index in [0.29, 0.717) is 11.3 Å². The normalized spacial score (nSPS) is 25.2. The summed E-state index contributed by atoms with van der Waals surface area (Å²) in [6.45, 7) is 1.43. The van der Waals surface area contributed by atoms with Crippen LogP contribution in [0.5, 0.6) is 0 Å². The van der Waals surface area contributed by atoms with Crippen LogP contribution >= 0.6 is 0 Å². The SMILES string of the molecule is CC(=O)N1C(=O)[C@]2(c3ccccc31)[C@H](C(=O)c1ccccc1)[C@]1(C[C@]2(O)c2ccc(F)cc2)C(=O)N(Cc2ccccc2)c2ccccc21. The van der Waals surface area contributed by atoms with Gasteiger partial charge >= 0.3 is 0 Å². The number of Topliss-reactive ketones (excluding diaryl/α,β-unsaturated/α-hetero) is 1. The maximum Gasteiger partial charge on any atom is 0.248 e. The number of anilines is 2. The Labute approximate surface area is 282 Å². The first-order valence-corrected chi connectivity index (χ1v) is 16.1. The largest absolute Gasteiger partial charge is 0.384 e. The van der Waals surface area contributed by atoms with Crippen LogP contribution in [0.15, 0.2) is 133 Å². The number of carbonyl (C=O) groups is 4. The quantitative estimate of drug-likeness (QED) is 0.228. The summed E-state index contributed by atoms with van der Waals surface area (Å²) in [5.41, 5.74) is -3.45. The van der Waals surface area contributed by atoms with Crippen molar-refractivity contribution in [1.29, 1.82) is 0 Å². The van der Waals surface area contributed by atoms with Gasteiger partial charge in [-0.1, -0.05) is 109 Å². The highest BCUT2D eigenvalue weighted by Crippen LogP contribution is 2.71. The lowest BCUT2D eigenvalue weighted by atomic mass is 9.58. The van der Waals surface area contributed by atoms with Crippen LogP contribution in [0.1, 0.15) is 46.0 Å². The molecule has 1 aliphatic carbocycles. The number of amides is 3. The highest BCUT2D eigenvalue weighted by atomic mass is 19.1. The first-order chi connectivity index (χ1) is 23.7. The molecule has 3 amide bonds. The Kier molecular flexibility index (Phi) is 6.81. The average Bonchev–Trinajstić information content (AvgIpc) is 3.63. The summed E-state index contributed by atoms with van der Waals surface area (Å²) in [7, 11) is 0. The number of ketones is 1. The van der Waals surface area contributed by atoms with E-state index in [9.17, 15) is 14.3 Å². The third-order valence-corrected chi connectivity index (χ3v) is 10.7. The van der Waals surface area contributed by atoms with Gasteiger partial charge in [0.05, 0.1) is 23.6 Å². The molecule has 0 aromatic heterocycles. The minimum atomic E-state index is -2.27. The van der Waals surface area contributed by atoms with Crippen LogP contribution in [-0.4, -0.2) is 28.6 Å². The smallest absolute Gasteiger partial charge is 0.248 e. The van der Waals surface area contributed by atoms with E-state index in [1.165, 1.54) is 31.2 Å².